The summed E-state index contributed by atoms with van der Waals surface area (Å²) in [5.74, 6) is 0. The van der Waals surface area contributed by atoms with Gasteiger partial charge in [-0.2, -0.15) is 0 Å². The minimum Gasteiger partial charge on any atom is -1.00 e. The summed E-state index contributed by atoms with van der Waals surface area (Å²) < 4.78 is 4.51. The SMILES string of the molecule is CCCCCCCC[n+]1ccccc1.CCCCCC[n+]1ccccc1.[Cl-].[Cl-]. The molecule has 0 bridgehead atoms. The molecule has 0 aliphatic rings. The predicted molar refractivity (Wildman–Crippen MR) is 111 cm³/mol. The molecule has 0 unspecified atom stereocenters. The van der Waals surface area contributed by atoms with Gasteiger partial charge in [0.25, 0.3) is 0 Å². The zero-order valence-electron chi connectivity index (χ0n) is 17.9. The van der Waals surface area contributed by atoms with Crippen LogP contribution >= 0.6 is 0 Å². The molecule has 0 saturated heterocycles. The summed E-state index contributed by atoms with van der Waals surface area (Å²) in [4.78, 5) is 0. The number of halogens is 2. The van der Waals surface area contributed by atoms with Crippen molar-refractivity contribution >= 4 is 0 Å². The first-order chi connectivity index (χ1) is 12.9. The topological polar surface area (TPSA) is 7.76 Å². The summed E-state index contributed by atoms with van der Waals surface area (Å²) >= 11 is 0. The fraction of sp³-hybridized carbons (Fsp3) is 0.583. The van der Waals surface area contributed by atoms with E-state index in [1.807, 2.05) is 0 Å². The zero-order chi connectivity index (χ0) is 18.7. The molecule has 2 aromatic rings. The molecule has 2 aromatic heterocycles. The molecule has 0 radical (unpaired) electrons. The second-order valence-corrected chi connectivity index (χ2v) is 7.06. The van der Waals surface area contributed by atoms with Gasteiger partial charge in [0, 0.05) is 37.1 Å². The van der Waals surface area contributed by atoms with Crippen molar-refractivity contribution in [3.63, 3.8) is 0 Å². The molecule has 0 amide bonds. The van der Waals surface area contributed by atoms with Gasteiger partial charge in [-0.15, -0.1) is 0 Å². The van der Waals surface area contributed by atoms with Gasteiger partial charge >= 0.3 is 0 Å². The van der Waals surface area contributed by atoms with E-state index < -0.39 is 0 Å². The van der Waals surface area contributed by atoms with Crippen molar-refractivity contribution in [3.8, 4) is 0 Å². The Hall–Kier alpha value is -1.12. The number of aromatic nitrogens is 2. The summed E-state index contributed by atoms with van der Waals surface area (Å²) in [6.07, 6.45) is 22.2. The minimum absolute atomic E-state index is 0. The van der Waals surface area contributed by atoms with Gasteiger partial charge in [0.1, 0.15) is 13.1 Å². The maximum atomic E-state index is 2.26. The Kier molecular flexibility index (Phi) is 23.0. The molecule has 0 spiro atoms. The van der Waals surface area contributed by atoms with Crippen molar-refractivity contribution in [2.24, 2.45) is 0 Å². The lowest BCUT2D eigenvalue weighted by Gasteiger charge is -1.98. The highest BCUT2D eigenvalue weighted by Gasteiger charge is 1.97. The second-order valence-electron chi connectivity index (χ2n) is 7.06. The van der Waals surface area contributed by atoms with E-state index in [9.17, 15) is 0 Å². The fourth-order valence-electron chi connectivity index (χ4n) is 2.96. The van der Waals surface area contributed by atoms with Crippen molar-refractivity contribution in [2.75, 3.05) is 0 Å². The Morgan fingerprint density at radius 3 is 1.14 bits per heavy atom. The molecule has 0 saturated carbocycles. The first kappa shape index (κ1) is 29.1. The molecule has 0 aliphatic carbocycles. The molecular formula is C24H40Cl2N2. The minimum atomic E-state index is 0. The van der Waals surface area contributed by atoms with Gasteiger partial charge in [0.05, 0.1) is 0 Å². The van der Waals surface area contributed by atoms with E-state index in [4.69, 9.17) is 0 Å². The van der Waals surface area contributed by atoms with Crippen LogP contribution in [0.3, 0.4) is 0 Å². The standard InChI is InChI=1S/C13H22N.C11H18N.2ClH/c1-2-3-4-5-6-8-11-14-12-9-7-10-13-14;1-2-3-4-6-9-12-10-7-5-8-11-12;;/h7,9-10,12-13H,2-6,8,11H2,1H3;5,7-8,10-11H,2-4,6,9H2,1H3;2*1H/q2*+1;;/p-2. The largest absolute Gasteiger partial charge is 1.00 e. The van der Waals surface area contributed by atoms with E-state index in [0.29, 0.717) is 0 Å². The molecule has 2 rings (SSSR count). The molecule has 0 atom stereocenters. The molecule has 0 fully saturated rings. The normalized spacial score (nSPS) is 9.50. The Balaban J connectivity index is 0. The molecule has 2 heterocycles. The Morgan fingerprint density at radius 2 is 0.750 bits per heavy atom. The van der Waals surface area contributed by atoms with E-state index in [2.05, 4.69) is 84.2 Å². The van der Waals surface area contributed by atoms with Crippen LogP contribution in [-0.2, 0) is 13.1 Å². The monoisotopic (exact) mass is 426 g/mol. The van der Waals surface area contributed by atoms with E-state index in [-0.39, 0.29) is 24.8 Å². The Bertz CT molecular complexity index is 521. The maximum Gasteiger partial charge on any atom is 0.168 e. The molecule has 0 aromatic carbocycles. The number of rotatable bonds is 12. The summed E-state index contributed by atoms with van der Waals surface area (Å²) in [5, 5.41) is 0. The number of pyridine rings is 2. The van der Waals surface area contributed by atoms with Crippen LogP contribution in [0, 0.1) is 0 Å². The summed E-state index contributed by atoms with van der Waals surface area (Å²) in [7, 11) is 0. The highest BCUT2D eigenvalue weighted by atomic mass is 35.5. The van der Waals surface area contributed by atoms with Gasteiger partial charge in [0.15, 0.2) is 24.8 Å². The molecule has 28 heavy (non-hydrogen) atoms. The second kappa shape index (κ2) is 22.2. The third-order valence-corrected chi connectivity index (χ3v) is 4.59. The lowest BCUT2D eigenvalue weighted by atomic mass is 10.1. The molecule has 2 nitrogen and oxygen atoms in total. The van der Waals surface area contributed by atoms with Crippen LogP contribution in [0.2, 0.25) is 0 Å². The van der Waals surface area contributed by atoms with Gasteiger partial charge in [-0.25, -0.2) is 9.13 Å². The van der Waals surface area contributed by atoms with Gasteiger partial charge in [-0.1, -0.05) is 64.5 Å². The highest BCUT2D eigenvalue weighted by molar-refractivity contribution is 4.84. The molecular weight excluding hydrogens is 387 g/mol. The van der Waals surface area contributed by atoms with Crippen LogP contribution in [0.5, 0.6) is 0 Å². The molecule has 4 heteroatoms. The van der Waals surface area contributed by atoms with Crippen molar-refractivity contribution in [1.29, 1.82) is 0 Å². The number of aryl methyl sites for hydroxylation is 2. The average Bonchev–Trinajstić information content (AvgIpc) is 2.70. The maximum absolute atomic E-state index is 2.26. The van der Waals surface area contributed by atoms with Crippen molar-refractivity contribution in [1.82, 2.24) is 0 Å². The van der Waals surface area contributed by atoms with E-state index in [1.54, 1.807) is 0 Å². The summed E-state index contributed by atoms with van der Waals surface area (Å²) in [5.41, 5.74) is 0. The predicted octanol–water partition coefficient (Wildman–Crippen LogP) is -0.103. The van der Waals surface area contributed by atoms with Crippen LogP contribution in [0.4, 0.5) is 0 Å². The van der Waals surface area contributed by atoms with Crippen molar-refractivity contribution in [2.45, 2.75) is 91.1 Å². The van der Waals surface area contributed by atoms with Crippen molar-refractivity contribution in [3.05, 3.63) is 61.2 Å². The van der Waals surface area contributed by atoms with Gasteiger partial charge in [-0.05, 0) is 12.8 Å². The fourth-order valence-corrected chi connectivity index (χ4v) is 2.96. The lowest BCUT2D eigenvalue weighted by Crippen LogP contribution is -3.00. The Morgan fingerprint density at radius 1 is 0.429 bits per heavy atom. The number of unbranched alkanes of at least 4 members (excludes halogenated alkanes) is 8. The molecule has 0 aliphatic heterocycles. The quantitative estimate of drug-likeness (QED) is 0.330. The average molecular weight is 428 g/mol. The van der Waals surface area contributed by atoms with Crippen molar-refractivity contribution < 1.29 is 33.9 Å². The number of nitrogens with zero attached hydrogens (tertiary/aromatic N) is 2. The number of hydrogen-bond donors (Lipinski definition) is 0. The van der Waals surface area contributed by atoms with Gasteiger partial charge in [0.2, 0.25) is 0 Å². The van der Waals surface area contributed by atoms with Crippen LogP contribution in [-0.4, -0.2) is 0 Å². The van der Waals surface area contributed by atoms with Crippen LogP contribution < -0.4 is 33.9 Å². The third-order valence-electron chi connectivity index (χ3n) is 4.59. The highest BCUT2D eigenvalue weighted by Crippen LogP contribution is 2.04. The first-order valence-electron chi connectivity index (χ1n) is 10.7. The van der Waals surface area contributed by atoms with Gasteiger partial charge < -0.3 is 24.8 Å². The summed E-state index contributed by atoms with van der Waals surface area (Å²) in [6.45, 7) is 6.85. The van der Waals surface area contributed by atoms with Gasteiger partial charge in [-0.3, -0.25) is 0 Å². The van der Waals surface area contributed by atoms with E-state index in [1.165, 1.54) is 77.3 Å². The smallest absolute Gasteiger partial charge is 0.168 e. The summed E-state index contributed by atoms with van der Waals surface area (Å²) in [6, 6.07) is 12.5. The zero-order valence-corrected chi connectivity index (χ0v) is 19.4. The molecule has 0 N–H and O–H groups in total. The number of hydrogen-bond acceptors (Lipinski definition) is 0. The van der Waals surface area contributed by atoms with E-state index in [0.717, 1.165) is 0 Å². The first-order valence-corrected chi connectivity index (χ1v) is 10.7. The molecule has 160 valence electrons. The van der Waals surface area contributed by atoms with Crippen LogP contribution in [0.25, 0.3) is 0 Å². The van der Waals surface area contributed by atoms with Crippen LogP contribution in [0.15, 0.2) is 61.2 Å². The third kappa shape index (κ3) is 17.0. The lowest BCUT2D eigenvalue weighted by molar-refractivity contribution is -0.697. The van der Waals surface area contributed by atoms with Crippen LogP contribution in [0.1, 0.15) is 78.1 Å². The Labute approximate surface area is 186 Å². The van der Waals surface area contributed by atoms with E-state index >= 15 is 0 Å².